The maximum Gasteiger partial charge on any atom is 0.350 e. The van der Waals surface area contributed by atoms with Crippen molar-refractivity contribution in [1.82, 2.24) is 0 Å². The Bertz CT molecular complexity index is 442. The van der Waals surface area contributed by atoms with Crippen LogP contribution in [0.15, 0.2) is 24.3 Å². The summed E-state index contributed by atoms with van der Waals surface area (Å²) in [6.07, 6.45) is 0. The van der Waals surface area contributed by atoms with Gasteiger partial charge in [0.15, 0.2) is 0 Å². The van der Waals surface area contributed by atoms with Gasteiger partial charge >= 0.3 is 12.0 Å². The lowest BCUT2D eigenvalue weighted by Gasteiger charge is -2.39. The van der Waals surface area contributed by atoms with E-state index in [-0.39, 0.29) is 0 Å². The van der Waals surface area contributed by atoms with Crippen molar-refractivity contribution in [2.24, 2.45) is 0 Å². The number of halogens is 6. The third kappa shape index (κ3) is 3.65. The van der Waals surface area contributed by atoms with Crippen LogP contribution in [0.25, 0.3) is 0 Å². The Morgan fingerprint density at radius 3 is 1.10 bits per heavy atom. The van der Waals surface area contributed by atoms with Gasteiger partial charge in [0, 0.05) is 10.1 Å². The molecule has 0 heterocycles. The van der Waals surface area contributed by atoms with Gasteiger partial charge in [-0.15, -0.1) is 66.5 Å². The minimum absolute atomic E-state index is 0.574. The molecular weight excluding hydrogens is 413 g/mol. The molecule has 0 atom stereocenters. The first kappa shape index (κ1) is 19.4. The summed E-state index contributed by atoms with van der Waals surface area (Å²) < 4.78 is 0. The molecule has 0 nitrogen and oxygen atoms in total. The van der Waals surface area contributed by atoms with Gasteiger partial charge in [-0.05, 0) is 11.1 Å². The number of benzene rings is 1. The van der Waals surface area contributed by atoms with Gasteiger partial charge in [-0.25, -0.2) is 0 Å². The van der Waals surface area contributed by atoms with E-state index >= 15 is 0 Å². The molecule has 0 aliphatic carbocycles. The third-order valence-electron chi connectivity index (χ3n) is 3.69. The van der Waals surface area contributed by atoms with Crippen LogP contribution in [0.3, 0.4) is 0 Å². The fourth-order valence-corrected chi connectivity index (χ4v) is 4.76. The molecule has 1 rings (SSSR count). The Balaban J connectivity index is 3.55. The van der Waals surface area contributed by atoms with E-state index in [1.54, 1.807) is 0 Å². The average molecular weight is 429 g/mol. The number of rotatable bonds is 4. The van der Waals surface area contributed by atoms with Gasteiger partial charge in [-0.1, -0.05) is 52.0 Å². The average Bonchev–Trinajstić information content (AvgIpc) is 2.26. The Kier molecular flexibility index (Phi) is 5.95. The van der Waals surface area contributed by atoms with E-state index in [0.717, 1.165) is 11.1 Å². The number of hydrogen-bond donors (Lipinski definition) is 0. The molecule has 20 heavy (non-hydrogen) atoms. The minimum atomic E-state index is -2.99. The van der Waals surface area contributed by atoms with Crippen molar-refractivity contribution in [3.63, 3.8) is 0 Å². The second-order valence-electron chi connectivity index (χ2n) is 5.79. The van der Waals surface area contributed by atoms with Crippen molar-refractivity contribution >= 4 is 78.5 Å². The molecule has 8 heteroatoms. The third-order valence-corrected chi connectivity index (χ3v) is 15.6. The molecule has 0 spiro atoms. The summed E-state index contributed by atoms with van der Waals surface area (Å²) in [5, 5.41) is -1.15. The molecule has 1 aromatic carbocycles. The van der Waals surface area contributed by atoms with Crippen molar-refractivity contribution in [2.45, 2.75) is 37.8 Å². The van der Waals surface area contributed by atoms with E-state index in [1.165, 1.54) is 0 Å². The molecule has 0 amide bonds. The monoisotopic (exact) mass is 426 g/mol. The van der Waals surface area contributed by atoms with Crippen molar-refractivity contribution in [1.29, 1.82) is 0 Å². The molecule has 0 bridgehead atoms. The highest BCUT2D eigenvalue weighted by atomic mass is 35.8. The summed E-state index contributed by atoms with van der Waals surface area (Å²) >= 11 is 37.7. The Morgan fingerprint density at radius 2 is 0.900 bits per heavy atom. The molecule has 0 aliphatic heterocycles. The standard InChI is InChI=1S/C12H16Cl6Si2/c1-11(2,19(13,14)15)9-7-5-6-8-10(9)12(3,4)20(16,17)18/h5-8H,1-4H3. The predicted octanol–water partition coefficient (Wildman–Crippen LogP) is 6.63. The number of hydrogen-bond acceptors (Lipinski definition) is 0. The van der Waals surface area contributed by atoms with E-state index < -0.39 is 22.1 Å². The quantitative estimate of drug-likeness (QED) is 0.372. The Morgan fingerprint density at radius 1 is 0.650 bits per heavy atom. The molecule has 0 fully saturated rings. The van der Waals surface area contributed by atoms with Crippen LogP contribution in [0, 0.1) is 0 Å². The van der Waals surface area contributed by atoms with Crippen LogP contribution in [0.1, 0.15) is 38.8 Å². The summed E-state index contributed by atoms with van der Waals surface area (Å²) in [7, 11) is 0. The Labute approximate surface area is 150 Å². The topological polar surface area (TPSA) is 0 Å². The lowest BCUT2D eigenvalue weighted by atomic mass is 9.89. The van der Waals surface area contributed by atoms with Gasteiger partial charge in [0.1, 0.15) is 0 Å². The normalized spacial score (nSPS) is 14.5. The molecular formula is C12H16Cl6Si2. The van der Waals surface area contributed by atoms with Crippen LogP contribution in [0.5, 0.6) is 0 Å². The lowest BCUT2D eigenvalue weighted by molar-refractivity contribution is 0.679. The van der Waals surface area contributed by atoms with Gasteiger partial charge in [0.05, 0.1) is 0 Å². The van der Waals surface area contributed by atoms with Crippen LogP contribution in [-0.2, 0) is 10.1 Å². The molecule has 0 radical (unpaired) electrons. The zero-order valence-corrected chi connectivity index (χ0v) is 18.1. The molecule has 0 saturated heterocycles. The molecule has 0 N–H and O–H groups in total. The smallest absolute Gasteiger partial charge is 0.125 e. The highest BCUT2D eigenvalue weighted by Crippen LogP contribution is 2.49. The van der Waals surface area contributed by atoms with Crippen molar-refractivity contribution < 1.29 is 0 Å². The van der Waals surface area contributed by atoms with Crippen LogP contribution in [0.4, 0.5) is 0 Å². The SMILES string of the molecule is CC(C)(c1ccccc1C(C)(C)[Si](Cl)(Cl)Cl)[Si](Cl)(Cl)Cl. The summed E-state index contributed by atoms with van der Waals surface area (Å²) in [5.41, 5.74) is 1.88. The zero-order chi connectivity index (χ0) is 16.0. The highest BCUT2D eigenvalue weighted by Gasteiger charge is 2.51. The van der Waals surface area contributed by atoms with Gasteiger partial charge < -0.3 is 0 Å². The van der Waals surface area contributed by atoms with Crippen molar-refractivity contribution in [3.05, 3.63) is 35.4 Å². The predicted molar refractivity (Wildman–Crippen MR) is 99.1 cm³/mol. The molecule has 0 aromatic heterocycles. The largest absolute Gasteiger partial charge is 0.350 e. The Hall–Kier alpha value is 1.39. The summed E-state index contributed by atoms with van der Waals surface area (Å²) in [6.45, 7) is 7.73. The fraction of sp³-hybridized carbons (Fsp3) is 0.500. The molecule has 114 valence electrons. The molecule has 1 aromatic rings. The summed E-state index contributed by atoms with van der Waals surface area (Å²) in [5.74, 6) is 0. The van der Waals surface area contributed by atoms with Crippen LogP contribution in [-0.4, -0.2) is 12.0 Å². The zero-order valence-electron chi connectivity index (χ0n) is 11.6. The first-order valence-corrected chi connectivity index (χ1v) is 16.0. The first-order chi connectivity index (χ1) is 8.73. The van der Waals surface area contributed by atoms with E-state index in [9.17, 15) is 0 Å². The van der Waals surface area contributed by atoms with Crippen LogP contribution < -0.4 is 0 Å². The molecule has 0 unspecified atom stereocenters. The minimum Gasteiger partial charge on any atom is -0.125 e. The van der Waals surface area contributed by atoms with Gasteiger partial charge in [0.25, 0.3) is 0 Å². The summed E-state index contributed by atoms with van der Waals surface area (Å²) in [4.78, 5) is 0. The van der Waals surface area contributed by atoms with Gasteiger partial charge in [-0.3, -0.25) is 0 Å². The fourth-order valence-electron chi connectivity index (χ4n) is 1.88. The van der Waals surface area contributed by atoms with Crippen molar-refractivity contribution in [3.8, 4) is 0 Å². The first-order valence-electron chi connectivity index (χ1n) is 5.96. The second kappa shape index (κ2) is 6.12. The van der Waals surface area contributed by atoms with E-state index in [1.807, 2.05) is 52.0 Å². The molecule has 0 aliphatic rings. The van der Waals surface area contributed by atoms with E-state index in [0.29, 0.717) is 0 Å². The van der Waals surface area contributed by atoms with E-state index in [4.69, 9.17) is 66.5 Å². The van der Waals surface area contributed by atoms with E-state index in [2.05, 4.69) is 0 Å². The maximum atomic E-state index is 6.28. The highest BCUT2D eigenvalue weighted by molar-refractivity contribution is 7.66. The second-order valence-corrected chi connectivity index (χ2v) is 24.0. The van der Waals surface area contributed by atoms with Gasteiger partial charge in [-0.2, -0.15) is 0 Å². The van der Waals surface area contributed by atoms with Gasteiger partial charge in [0.2, 0.25) is 0 Å². The lowest BCUT2D eigenvalue weighted by Crippen LogP contribution is -2.45. The van der Waals surface area contributed by atoms with Crippen LogP contribution >= 0.6 is 66.5 Å². The van der Waals surface area contributed by atoms with Crippen molar-refractivity contribution in [2.75, 3.05) is 0 Å². The summed E-state index contributed by atoms with van der Waals surface area (Å²) in [6, 6.07) is 1.76. The van der Waals surface area contributed by atoms with Crippen LogP contribution in [0.2, 0.25) is 0 Å². The maximum absolute atomic E-state index is 6.28. The molecule has 0 saturated carbocycles.